The van der Waals surface area contributed by atoms with Gasteiger partial charge in [0.1, 0.15) is 23.6 Å². The second kappa shape index (κ2) is 9.60. The molecule has 1 saturated carbocycles. The van der Waals surface area contributed by atoms with Crippen LogP contribution in [0.4, 0.5) is 16.2 Å². The number of aromatic nitrogens is 7. The van der Waals surface area contributed by atoms with Gasteiger partial charge in [0, 0.05) is 55.9 Å². The average molecular weight is 555 g/mol. The van der Waals surface area contributed by atoms with Crippen molar-refractivity contribution < 1.29 is 9.50 Å². The van der Waals surface area contributed by atoms with E-state index in [1.54, 1.807) is 30.9 Å². The van der Waals surface area contributed by atoms with Crippen molar-refractivity contribution in [1.29, 1.82) is 0 Å². The normalized spacial score (nSPS) is 18.0. The predicted molar refractivity (Wildman–Crippen MR) is 153 cm³/mol. The number of rotatable bonds is 7. The molecule has 1 aromatic carbocycles. The van der Waals surface area contributed by atoms with Crippen molar-refractivity contribution in [3.8, 4) is 11.3 Å². The molecule has 0 amide bonds. The van der Waals surface area contributed by atoms with Gasteiger partial charge in [0.25, 0.3) is 0 Å². The van der Waals surface area contributed by atoms with Crippen LogP contribution in [0.3, 0.4) is 0 Å². The number of nitrogens with zero attached hydrogens (tertiary/aromatic N) is 8. The lowest BCUT2D eigenvalue weighted by molar-refractivity contribution is 0.202. The molecule has 12 heteroatoms. The number of aliphatic hydroxyl groups excluding tert-OH is 1. The van der Waals surface area contributed by atoms with Crippen molar-refractivity contribution in [1.82, 2.24) is 34.7 Å². The standard InChI is InChI=1S/C29H31FN10O/c1-28(31,20-2-4-22(30)5-3-20)21-14-32-27(33-15-21)39-10-8-38(9-11-39)26-23-12-24(37-25(23)34-18-35-26)19-13-36-40(16-19)29(17-41)6-7-29/h2-5,12-16,18,41H,6-11,17,31H2,1H3,(H,34,35,37)/t28-/m0/s1. The number of halogens is 1. The van der Waals surface area contributed by atoms with Crippen LogP contribution >= 0.6 is 0 Å². The Kier molecular flexibility index (Phi) is 5.98. The number of aliphatic hydroxyl groups is 1. The Balaban J connectivity index is 1.05. The fraction of sp³-hybridized carbons (Fsp3) is 0.345. The molecular formula is C29H31FN10O. The first-order valence-electron chi connectivity index (χ1n) is 13.7. The van der Waals surface area contributed by atoms with Gasteiger partial charge < -0.3 is 25.6 Å². The third-order valence-electron chi connectivity index (χ3n) is 8.45. The van der Waals surface area contributed by atoms with Crippen molar-refractivity contribution in [3.63, 3.8) is 0 Å². The number of piperazine rings is 1. The summed E-state index contributed by atoms with van der Waals surface area (Å²) in [6.07, 6.45) is 10.8. The molecule has 1 atom stereocenters. The van der Waals surface area contributed by atoms with Crippen molar-refractivity contribution in [3.05, 3.63) is 78.4 Å². The zero-order valence-electron chi connectivity index (χ0n) is 22.7. The van der Waals surface area contributed by atoms with Crippen LogP contribution in [0.1, 0.15) is 30.9 Å². The maximum atomic E-state index is 13.4. The molecule has 4 aromatic heterocycles. The van der Waals surface area contributed by atoms with Crippen LogP contribution in [-0.2, 0) is 11.1 Å². The number of hydrogen-bond acceptors (Lipinski definition) is 9. The monoisotopic (exact) mass is 554 g/mol. The SMILES string of the molecule is C[C@](N)(c1ccc(F)cc1)c1cnc(N2CCN(c3ncnc4[nH]c(-c5cnn(C6(CO)CC6)c5)cc34)CC2)nc1. The van der Waals surface area contributed by atoms with Gasteiger partial charge in [-0.25, -0.2) is 24.3 Å². The van der Waals surface area contributed by atoms with E-state index in [0.29, 0.717) is 5.95 Å². The summed E-state index contributed by atoms with van der Waals surface area (Å²) in [5.41, 5.74) is 9.69. The van der Waals surface area contributed by atoms with Gasteiger partial charge in [-0.1, -0.05) is 12.1 Å². The molecule has 1 aliphatic carbocycles. The highest BCUT2D eigenvalue weighted by Gasteiger charge is 2.45. The zero-order valence-corrected chi connectivity index (χ0v) is 22.7. The van der Waals surface area contributed by atoms with Gasteiger partial charge in [0.2, 0.25) is 5.95 Å². The molecule has 2 fully saturated rings. The molecule has 0 spiro atoms. The van der Waals surface area contributed by atoms with Crippen LogP contribution in [0.15, 0.2) is 61.4 Å². The van der Waals surface area contributed by atoms with Gasteiger partial charge in [0.05, 0.1) is 35.0 Å². The molecule has 2 aliphatic rings. The minimum absolute atomic E-state index is 0.0972. The Bertz CT molecular complexity index is 1680. The number of H-pyrrole nitrogens is 1. The number of aromatic amines is 1. The summed E-state index contributed by atoms with van der Waals surface area (Å²) in [5, 5.41) is 15.2. The minimum atomic E-state index is -0.838. The summed E-state index contributed by atoms with van der Waals surface area (Å²) in [6.45, 7) is 4.93. The van der Waals surface area contributed by atoms with Crippen LogP contribution in [0.25, 0.3) is 22.3 Å². The van der Waals surface area contributed by atoms with Crippen LogP contribution in [0.2, 0.25) is 0 Å². The molecule has 5 heterocycles. The number of nitrogens with one attached hydrogen (secondary N) is 1. The van der Waals surface area contributed by atoms with E-state index in [4.69, 9.17) is 5.73 Å². The first kappa shape index (κ1) is 25.5. The van der Waals surface area contributed by atoms with Crippen molar-refractivity contribution >= 4 is 22.8 Å². The maximum absolute atomic E-state index is 13.4. The maximum Gasteiger partial charge on any atom is 0.225 e. The summed E-state index contributed by atoms with van der Waals surface area (Å²) in [7, 11) is 0. The second-order valence-electron chi connectivity index (χ2n) is 11.2. The fourth-order valence-electron chi connectivity index (χ4n) is 5.49. The molecule has 0 bridgehead atoms. The van der Waals surface area contributed by atoms with E-state index >= 15 is 0 Å². The zero-order chi connectivity index (χ0) is 28.2. The lowest BCUT2D eigenvalue weighted by Crippen LogP contribution is -2.47. The number of nitrogens with two attached hydrogens (primary N) is 1. The average Bonchev–Trinajstić information content (AvgIpc) is 3.42. The van der Waals surface area contributed by atoms with Crippen molar-refractivity contribution in [2.45, 2.75) is 30.8 Å². The third kappa shape index (κ3) is 4.49. The van der Waals surface area contributed by atoms with E-state index < -0.39 is 5.54 Å². The third-order valence-corrected chi connectivity index (χ3v) is 8.45. The Hall–Kier alpha value is -4.42. The van der Waals surface area contributed by atoms with Crippen LogP contribution in [0, 0.1) is 5.82 Å². The van der Waals surface area contributed by atoms with Gasteiger partial charge in [-0.2, -0.15) is 5.10 Å². The van der Waals surface area contributed by atoms with Crippen molar-refractivity contribution in [2.24, 2.45) is 5.73 Å². The first-order chi connectivity index (χ1) is 19.9. The smallest absolute Gasteiger partial charge is 0.225 e. The lowest BCUT2D eigenvalue weighted by Gasteiger charge is -2.35. The Morgan fingerprint density at radius 3 is 2.37 bits per heavy atom. The van der Waals surface area contributed by atoms with Gasteiger partial charge in [-0.05, 0) is 43.5 Å². The van der Waals surface area contributed by atoms with E-state index in [1.807, 2.05) is 24.0 Å². The quantitative estimate of drug-likeness (QED) is 0.277. The van der Waals surface area contributed by atoms with Gasteiger partial charge in [-0.3, -0.25) is 4.68 Å². The summed E-state index contributed by atoms with van der Waals surface area (Å²) in [5.74, 6) is 1.23. The molecule has 0 radical (unpaired) electrons. The molecule has 1 aliphatic heterocycles. The minimum Gasteiger partial charge on any atom is -0.394 e. The van der Waals surface area contributed by atoms with Gasteiger partial charge in [-0.15, -0.1) is 0 Å². The molecule has 4 N–H and O–H groups in total. The largest absolute Gasteiger partial charge is 0.394 e. The van der Waals surface area contributed by atoms with E-state index in [-0.39, 0.29) is 18.0 Å². The number of hydrogen-bond donors (Lipinski definition) is 3. The summed E-state index contributed by atoms with van der Waals surface area (Å²) >= 11 is 0. The molecule has 11 nitrogen and oxygen atoms in total. The van der Waals surface area contributed by atoms with Crippen LogP contribution < -0.4 is 15.5 Å². The van der Waals surface area contributed by atoms with Gasteiger partial charge in [0.15, 0.2) is 0 Å². The molecule has 210 valence electrons. The second-order valence-corrected chi connectivity index (χ2v) is 11.2. The summed E-state index contributed by atoms with van der Waals surface area (Å²) < 4.78 is 15.3. The Morgan fingerprint density at radius 1 is 0.976 bits per heavy atom. The highest BCUT2D eigenvalue weighted by molar-refractivity contribution is 5.91. The molecular weight excluding hydrogens is 523 g/mol. The first-order valence-corrected chi connectivity index (χ1v) is 13.7. The fourth-order valence-corrected chi connectivity index (χ4v) is 5.49. The number of benzene rings is 1. The molecule has 5 aromatic rings. The van der Waals surface area contributed by atoms with E-state index in [2.05, 4.69) is 45.9 Å². The topological polar surface area (TPSA) is 138 Å². The molecule has 41 heavy (non-hydrogen) atoms. The van der Waals surface area contributed by atoms with Crippen LogP contribution in [0.5, 0.6) is 0 Å². The summed E-state index contributed by atoms with van der Waals surface area (Å²) in [6, 6.07) is 8.26. The highest BCUT2D eigenvalue weighted by atomic mass is 19.1. The molecule has 0 unspecified atom stereocenters. The van der Waals surface area contributed by atoms with Crippen molar-refractivity contribution in [2.75, 3.05) is 42.6 Å². The number of anilines is 2. The van der Waals surface area contributed by atoms with Crippen LogP contribution in [-0.4, -0.2) is 72.6 Å². The highest BCUT2D eigenvalue weighted by Crippen LogP contribution is 2.43. The molecule has 7 rings (SSSR count). The number of fused-ring (bicyclic) bond motifs is 1. The van der Waals surface area contributed by atoms with E-state index in [9.17, 15) is 9.50 Å². The molecule has 1 saturated heterocycles. The Labute approximate surface area is 235 Å². The predicted octanol–water partition coefficient (Wildman–Crippen LogP) is 2.78. The Morgan fingerprint density at radius 2 is 1.68 bits per heavy atom. The van der Waals surface area contributed by atoms with E-state index in [1.165, 1.54) is 12.1 Å². The summed E-state index contributed by atoms with van der Waals surface area (Å²) in [4.78, 5) is 26.1. The lowest BCUT2D eigenvalue weighted by atomic mass is 9.87. The van der Waals surface area contributed by atoms with Gasteiger partial charge >= 0.3 is 0 Å². The van der Waals surface area contributed by atoms with E-state index in [0.717, 1.165) is 78.3 Å².